The topological polar surface area (TPSA) is 17.8 Å². The van der Waals surface area contributed by atoms with Gasteiger partial charge in [0.15, 0.2) is 0 Å². The summed E-state index contributed by atoms with van der Waals surface area (Å²) in [5.41, 5.74) is 3.80. The predicted molar refractivity (Wildman–Crippen MR) is 52.8 cm³/mol. The fourth-order valence-corrected chi connectivity index (χ4v) is 2.17. The molecule has 0 aliphatic carbocycles. The minimum Gasteiger partial charge on any atom is -0.328 e. The summed E-state index contributed by atoms with van der Waals surface area (Å²) in [5.74, 6) is 1.27. The maximum absolute atomic E-state index is 4.66. The number of hydrogen-bond acceptors (Lipinski definition) is 1. The highest BCUT2D eigenvalue weighted by Gasteiger charge is 2.15. The SMILES string of the molecule is Cc1cccc2c1nc1n2CCC1. The van der Waals surface area contributed by atoms with Crippen LogP contribution in [0.15, 0.2) is 18.2 Å². The van der Waals surface area contributed by atoms with E-state index in [4.69, 9.17) is 0 Å². The molecule has 0 N–H and O–H groups in total. The molecular formula is C11H12N2. The number of aryl methyl sites for hydroxylation is 3. The highest BCUT2D eigenvalue weighted by Crippen LogP contribution is 2.24. The van der Waals surface area contributed by atoms with Crippen molar-refractivity contribution in [1.82, 2.24) is 9.55 Å². The Morgan fingerprint density at radius 2 is 2.31 bits per heavy atom. The Kier molecular flexibility index (Phi) is 1.29. The summed E-state index contributed by atoms with van der Waals surface area (Å²) in [5, 5.41) is 0. The molecule has 0 unspecified atom stereocenters. The van der Waals surface area contributed by atoms with Crippen molar-refractivity contribution in [1.29, 1.82) is 0 Å². The van der Waals surface area contributed by atoms with E-state index >= 15 is 0 Å². The second kappa shape index (κ2) is 2.34. The molecule has 2 nitrogen and oxygen atoms in total. The van der Waals surface area contributed by atoms with Crippen LogP contribution in [0.25, 0.3) is 11.0 Å². The Morgan fingerprint density at radius 3 is 3.23 bits per heavy atom. The number of nitrogens with zero attached hydrogens (tertiary/aromatic N) is 2. The number of benzene rings is 1. The molecule has 0 radical (unpaired) electrons. The van der Waals surface area contributed by atoms with Crippen LogP contribution >= 0.6 is 0 Å². The number of fused-ring (bicyclic) bond motifs is 3. The standard InChI is InChI=1S/C11H12N2/c1-8-4-2-5-9-11(8)12-10-6-3-7-13(9)10/h2,4-5H,3,6-7H2,1H3. The Labute approximate surface area is 77.2 Å². The van der Waals surface area contributed by atoms with Gasteiger partial charge < -0.3 is 4.57 Å². The van der Waals surface area contributed by atoms with E-state index in [1.807, 2.05) is 0 Å². The lowest BCUT2D eigenvalue weighted by Gasteiger charge is -1.98. The molecule has 3 rings (SSSR count). The van der Waals surface area contributed by atoms with Crippen molar-refractivity contribution in [2.45, 2.75) is 26.3 Å². The van der Waals surface area contributed by atoms with Crippen LogP contribution in [0.2, 0.25) is 0 Å². The monoisotopic (exact) mass is 172 g/mol. The van der Waals surface area contributed by atoms with Gasteiger partial charge >= 0.3 is 0 Å². The van der Waals surface area contributed by atoms with Crippen LogP contribution in [0.1, 0.15) is 17.8 Å². The molecule has 2 heteroatoms. The molecule has 2 aromatic rings. The fraction of sp³-hybridized carbons (Fsp3) is 0.364. The molecule has 66 valence electrons. The van der Waals surface area contributed by atoms with E-state index < -0.39 is 0 Å². The molecule has 0 bridgehead atoms. The smallest absolute Gasteiger partial charge is 0.109 e. The molecule has 0 saturated carbocycles. The quantitative estimate of drug-likeness (QED) is 0.596. The Hall–Kier alpha value is -1.31. The van der Waals surface area contributed by atoms with Crippen molar-refractivity contribution in [3.63, 3.8) is 0 Å². The molecule has 0 fully saturated rings. The Balaban J connectivity index is 2.44. The van der Waals surface area contributed by atoms with Gasteiger partial charge in [-0.1, -0.05) is 12.1 Å². The lowest BCUT2D eigenvalue weighted by atomic mass is 10.2. The average molecular weight is 172 g/mol. The van der Waals surface area contributed by atoms with Gasteiger partial charge in [-0.15, -0.1) is 0 Å². The zero-order valence-corrected chi connectivity index (χ0v) is 7.75. The maximum Gasteiger partial charge on any atom is 0.109 e. The summed E-state index contributed by atoms with van der Waals surface area (Å²) >= 11 is 0. The summed E-state index contributed by atoms with van der Waals surface area (Å²) in [6.45, 7) is 3.28. The van der Waals surface area contributed by atoms with E-state index in [0.29, 0.717) is 0 Å². The van der Waals surface area contributed by atoms with Gasteiger partial charge in [0.05, 0.1) is 11.0 Å². The highest BCUT2D eigenvalue weighted by molar-refractivity contribution is 5.79. The fourth-order valence-electron chi connectivity index (χ4n) is 2.17. The first-order chi connectivity index (χ1) is 6.36. The predicted octanol–water partition coefficient (Wildman–Crippen LogP) is 2.29. The van der Waals surface area contributed by atoms with Gasteiger partial charge in [-0.25, -0.2) is 4.98 Å². The maximum atomic E-state index is 4.66. The third-order valence-corrected chi connectivity index (χ3v) is 2.84. The minimum absolute atomic E-state index is 1.15. The zero-order chi connectivity index (χ0) is 8.84. The largest absolute Gasteiger partial charge is 0.328 e. The molecule has 0 spiro atoms. The zero-order valence-electron chi connectivity index (χ0n) is 7.75. The molecule has 0 amide bonds. The number of hydrogen-bond donors (Lipinski definition) is 0. The van der Waals surface area contributed by atoms with Crippen LogP contribution in [-0.4, -0.2) is 9.55 Å². The lowest BCUT2D eigenvalue weighted by molar-refractivity contribution is 0.771. The summed E-state index contributed by atoms with van der Waals surface area (Å²) in [4.78, 5) is 4.66. The first-order valence-corrected chi connectivity index (χ1v) is 4.81. The van der Waals surface area contributed by atoms with E-state index in [1.54, 1.807) is 0 Å². The van der Waals surface area contributed by atoms with E-state index in [-0.39, 0.29) is 0 Å². The Morgan fingerprint density at radius 1 is 1.38 bits per heavy atom. The molecule has 1 aliphatic heterocycles. The summed E-state index contributed by atoms with van der Waals surface area (Å²) in [6, 6.07) is 6.42. The number of imidazole rings is 1. The summed E-state index contributed by atoms with van der Waals surface area (Å²) in [6.07, 6.45) is 2.40. The van der Waals surface area contributed by atoms with Crippen molar-refractivity contribution < 1.29 is 0 Å². The molecule has 1 aromatic carbocycles. The van der Waals surface area contributed by atoms with Crippen molar-refractivity contribution in [3.05, 3.63) is 29.6 Å². The van der Waals surface area contributed by atoms with Crippen LogP contribution in [0.4, 0.5) is 0 Å². The van der Waals surface area contributed by atoms with E-state index in [1.165, 1.54) is 28.8 Å². The van der Waals surface area contributed by atoms with E-state index in [0.717, 1.165) is 13.0 Å². The minimum atomic E-state index is 1.15. The number of para-hydroxylation sites is 1. The third-order valence-electron chi connectivity index (χ3n) is 2.84. The van der Waals surface area contributed by atoms with Gasteiger partial charge in [-0.3, -0.25) is 0 Å². The average Bonchev–Trinajstić information content (AvgIpc) is 2.65. The van der Waals surface area contributed by atoms with Crippen molar-refractivity contribution in [2.24, 2.45) is 0 Å². The molecular weight excluding hydrogens is 160 g/mol. The normalized spacial score (nSPS) is 15.2. The van der Waals surface area contributed by atoms with Crippen LogP contribution in [0, 0.1) is 6.92 Å². The lowest BCUT2D eigenvalue weighted by Crippen LogP contribution is -1.90. The summed E-state index contributed by atoms with van der Waals surface area (Å²) < 4.78 is 2.35. The first-order valence-electron chi connectivity index (χ1n) is 4.81. The van der Waals surface area contributed by atoms with Crippen LogP contribution in [-0.2, 0) is 13.0 Å². The highest BCUT2D eigenvalue weighted by atomic mass is 15.1. The number of aromatic nitrogens is 2. The van der Waals surface area contributed by atoms with Gasteiger partial charge in [-0.05, 0) is 25.0 Å². The second-order valence-electron chi connectivity index (χ2n) is 3.73. The van der Waals surface area contributed by atoms with Gasteiger partial charge in [-0.2, -0.15) is 0 Å². The molecule has 0 atom stereocenters. The Bertz CT molecular complexity index is 468. The summed E-state index contributed by atoms with van der Waals surface area (Å²) in [7, 11) is 0. The second-order valence-corrected chi connectivity index (χ2v) is 3.73. The molecule has 1 aliphatic rings. The van der Waals surface area contributed by atoms with Crippen molar-refractivity contribution in [3.8, 4) is 0 Å². The van der Waals surface area contributed by atoms with Gasteiger partial charge in [0.25, 0.3) is 0 Å². The molecule has 1 aromatic heterocycles. The first kappa shape index (κ1) is 7.13. The molecule has 13 heavy (non-hydrogen) atoms. The van der Waals surface area contributed by atoms with Crippen LogP contribution in [0.3, 0.4) is 0 Å². The van der Waals surface area contributed by atoms with E-state index in [2.05, 4.69) is 34.7 Å². The van der Waals surface area contributed by atoms with Crippen molar-refractivity contribution in [2.75, 3.05) is 0 Å². The third kappa shape index (κ3) is 0.857. The van der Waals surface area contributed by atoms with Crippen molar-refractivity contribution >= 4 is 11.0 Å². The molecule has 2 heterocycles. The van der Waals surface area contributed by atoms with Gasteiger partial charge in [0.2, 0.25) is 0 Å². The number of rotatable bonds is 0. The van der Waals surface area contributed by atoms with Crippen LogP contribution < -0.4 is 0 Å². The molecule has 0 saturated heterocycles. The van der Waals surface area contributed by atoms with Gasteiger partial charge in [0.1, 0.15) is 5.82 Å². The van der Waals surface area contributed by atoms with E-state index in [9.17, 15) is 0 Å². The van der Waals surface area contributed by atoms with Crippen LogP contribution in [0.5, 0.6) is 0 Å². The van der Waals surface area contributed by atoms with Gasteiger partial charge in [0, 0.05) is 13.0 Å².